The van der Waals surface area contributed by atoms with Crippen molar-refractivity contribution in [2.75, 3.05) is 13.1 Å². The number of aryl methyl sites for hydroxylation is 1. The first-order valence-electron chi connectivity index (χ1n) is 8.54. The molecule has 3 rings (SSSR count). The molecule has 0 unspecified atom stereocenters. The van der Waals surface area contributed by atoms with E-state index in [-0.39, 0.29) is 0 Å². The molecule has 136 valence electrons. The number of hydrazone groups is 1. The second kappa shape index (κ2) is 7.74. The van der Waals surface area contributed by atoms with E-state index in [0.29, 0.717) is 18.1 Å². The van der Waals surface area contributed by atoms with E-state index >= 15 is 0 Å². The molecule has 6 nitrogen and oxygen atoms in total. The number of halogens is 1. The Hall–Kier alpha value is -2.60. The van der Waals surface area contributed by atoms with E-state index in [2.05, 4.69) is 15.1 Å². The summed E-state index contributed by atoms with van der Waals surface area (Å²) in [5.41, 5.74) is 6.20. The zero-order valence-corrected chi connectivity index (χ0v) is 15.6. The average Bonchev–Trinajstić information content (AvgIpc) is 3.24. The molecule has 2 aromatic rings. The van der Waals surface area contributed by atoms with E-state index < -0.39 is 11.8 Å². The third kappa shape index (κ3) is 3.80. The smallest absolute Gasteiger partial charge is 0.329 e. The van der Waals surface area contributed by atoms with Crippen molar-refractivity contribution in [2.45, 2.75) is 26.7 Å². The van der Waals surface area contributed by atoms with Crippen LogP contribution in [0.1, 0.15) is 29.8 Å². The second-order valence-electron chi connectivity index (χ2n) is 6.34. The topological polar surface area (TPSA) is 66.7 Å². The highest BCUT2D eigenvalue weighted by atomic mass is 35.5. The van der Waals surface area contributed by atoms with Crippen molar-refractivity contribution >= 4 is 29.6 Å². The quantitative estimate of drug-likeness (QED) is 0.511. The summed E-state index contributed by atoms with van der Waals surface area (Å²) >= 11 is 5.95. The molecule has 2 heterocycles. The molecule has 1 fully saturated rings. The summed E-state index contributed by atoms with van der Waals surface area (Å²) < 4.78 is 2.08. The van der Waals surface area contributed by atoms with Crippen LogP contribution in [0, 0.1) is 13.8 Å². The van der Waals surface area contributed by atoms with Crippen LogP contribution in [0.4, 0.5) is 0 Å². The molecule has 1 saturated heterocycles. The lowest BCUT2D eigenvalue weighted by atomic mass is 10.2. The zero-order chi connectivity index (χ0) is 18.7. The normalized spacial score (nSPS) is 14.2. The van der Waals surface area contributed by atoms with Gasteiger partial charge in [0.25, 0.3) is 0 Å². The summed E-state index contributed by atoms with van der Waals surface area (Å²) in [5, 5.41) is 4.63. The van der Waals surface area contributed by atoms with Gasteiger partial charge >= 0.3 is 11.8 Å². The Bertz CT molecular complexity index is 849. The maximum absolute atomic E-state index is 12.0. The molecule has 1 aliphatic heterocycles. The van der Waals surface area contributed by atoms with E-state index in [1.165, 1.54) is 0 Å². The van der Waals surface area contributed by atoms with Crippen molar-refractivity contribution in [1.82, 2.24) is 14.9 Å². The highest BCUT2D eigenvalue weighted by Crippen LogP contribution is 2.21. The maximum Gasteiger partial charge on any atom is 0.329 e. The minimum atomic E-state index is -0.699. The number of nitrogens with zero attached hydrogens (tertiary/aromatic N) is 3. The van der Waals surface area contributed by atoms with Gasteiger partial charge in [-0.15, -0.1) is 0 Å². The monoisotopic (exact) mass is 372 g/mol. The summed E-state index contributed by atoms with van der Waals surface area (Å²) in [7, 11) is 0. The lowest BCUT2D eigenvalue weighted by Crippen LogP contribution is -2.39. The third-order valence-electron chi connectivity index (χ3n) is 4.51. The Balaban J connectivity index is 1.71. The van der Waals surface area contributed by atoms with Crippen LogP contribution in [0.5, 0.6) is 0 Å². The standard InChI is InChI=1S/C19H21ClN4O2/c1-13-11-15(14(2)24(13)17-7-5-16(20)6-8-17)12-21-22-18(25)19(26)23-9-3-4-10-23/h5-8,11-12H,3-4,9-10H2,1-2H3,(H,22,25)/b21-12-. The van der Waals surface area contributed by atoms with E-state index in [1.807, 2.05) is 44.2 Å². The van der Waals surface area contributed by atoms with Crippen LogP contribution in [0.25, 0.3) is 5.69 Å². The summed E-state index contributed by atoms with van der Waals surface area (Å²) in [6, 6.07) is 9.54. The Morgan fingerprint density at radius 2 is 1.81 bits per heavy atom. The fourth-order valence-electron chi connectivity index (χ4n) is 3.18. The molecular weight excluding hydrogens is 352 g/mol. The van der Waals surface area contributed by atoms with Gasteiger partial charge in [0.1, 0.15) is 0 Å². The number of likely N-dealkylation sites (tertiary alicyclic amines) is 1. The van der Waals surface area contributed by atoms with Crippen molar-refractivity contribution in [2.24, 2.45) is 5.10 Å². The highest BCUT2D eigenvalue weighted by molar-refractivity contribution is 6.35. The van der Waals surface area contributed by atoms with Crippen molar-refractivity contribution in [1.29, 1.82) is 0 Å². The SMILES string of the molecule is Cc1cc(/C=N\NC(=O)C(=O)N2CCCC2)c(C)n1-c1ccc(Cl)cc1. The van der Waals surface area contributed by atoms with E-state index in [4.69, 9.17) is 11.6 Å². The molecular formula is C19H21ClN4O2. The van der Waals surface area contributed by atoms with Gasteiger partial charge in [-0.3, -0.25) is 9.59 Å². The van der Waals surface area contributed by atoms with Gasteiger partial charge in [0.2, 0.25) is 0 Å². The van der Waals surface area contributed by atoms with Crippen LogP contribution in [-0.2, 0) is 9.59 Å². The van der Waals surface area contributed by atoms with Gasteiger partial charge in [0, 0.05) is 40.8 Å². The van der Waals surface area contributed by atoms with Crippen LogP contribution in [0.15, 0.2) is 35.4 Å². The number of carbonyl (C=O) groups excluding carboxylic acids is 2. The van der Waals surface area contributed by atoms with Gasteiger partial charge in [-0.05, 0) is 57.0 Å². The number of hydrogen-bond donors (Lipinski definition) is 1. The Kier molecular flexibility index (Phi) is 5.42. The van der Waals surface area contributed by atoms with Crippen LogP contribution >= 0.6 is 11.6 Å². The molecule has 2 amide bonds. The zero-order valence-electron chi connectivity index (χ0n) is 14.8. The number of hydrogen-bond acceptors (Lipinski definition) is 3. The van der Waals surface area contributed by atoms with Crippen molar-refractivity contribution < 1.29 is 9.59 Å². The number of amides is 2. The number of benzene rings is 1. The highest BCUT2D eigenvalue weighted by Gasteiger charge is 2.24. The molecule has 0 atom stereocenters. The molecule has 0 saturated carbocycles. The minimum absolute atomic E-state index is 0.522. The summed E-state index contributed by atoms with van der Waals surface area (Å²) in [6.45, 7) is 5.24. The molecule has 1 aromatic heterocycles. The number of nitrogens with one attached hydrogen (secondary N) is 1. The molecule has 0 spiro atoms. The van der Waals surface area contributed by atoms with Gasteiger partial charge < -0.3 is 9.47 Å². The van der Waals surface area contributed by atoms with Gasteiger partial charge in [-0.2, -0.15) is 5.10 Å². The number of rotatable bonds is 3. The van der Waals surface area contributed by atoms with Crippen LogP contribution < -0.4 is 5.43 Å². The maximum atomic E-state index is 12.0. The Labute approximate surface area is 157 Å². The summed E-state index contributed by atoms with van der Waals surface area (Å²) in [5.74, 6) is -1.22. The largest absolute Gasteiger partial charge is 0.334 e. The first-order valence-corrected chi connectivity index (χ1v) is 8.92. The first kappa shape index (κ1) is 18.2. The molecule has 0 radical (unpaired) electrons. The summed E-state index contributed by atoms with van der Waals surface area (Å²) in [6.07, 6.45) is 3.45. The minimum Gasteiger partial charge on any atom is -0.334 e. The van der Waals surface area contributed by atoms with Gasteiger partial charge in [-0.1, -0.05) is 11.6 Å². The fourth-order valence-corrected chi connectivity index (χ4v) is 3.30. The van der Waals surface area contributed by atoms with E-state index in [9.17, 15) is 9.59 Å². The van der Waals surface area contributed by atoms with Crippen molar-refractivity contribution in [3.05, 3.63) is 52.3 Å². The number of carbonyl (C=O) groups is 2. The Morgan fingerprint density at radius 3 is 2.46 bits per heavy atom. The van der Waals surface area contributed by atoms with Gasteiger partial charge in [0.15, 0.2) is 0 Å². The van der Waals surface area contributed by atoms with Crippen LogP contribution in [-0.4, -0.2) is 40.6 Å². The predicted molar refractivity (Wildman–Crippen MR) is 102 cm³/mol. The van der Waals surface area contributed by atoms with E-state index in [0.717, 1.165) is 35.5 Å². The molecule has 26 heavy (non-hydrogen) atoms. The lowest BCUT2D eigenvalue weighted by Gasteiger charge is -2.12. The molecule has 0 aliphatic carbocycles. The van der Waals surface area contributed by atoms with Crippen LogP contribution in [0.3, 0.4) is 0 Å². The molecule has 0 bridgehead atoms. The molecule has 1 N–H and O–H groups in total. The lowest BCUT2D eigenvalue weighted by molar-refractivity contribution is -0.145. The number of aromatic nitrogens is 1. The fraction of sp³-hybridized carbons (Fsp3) is 0.316. The molecule has 7 heteroatoms. The molecule has 1 aliphatic rings. The Morgan fingerprint density at radius 1 is 1.15 bits per heavy atom. The van der Waals surface area contributed by atoms with Crippen molar-refractivity contribution in [3.63, 3.8) is 0 Å². The third-order valence-corrected chi connectivity index (χ3v) is 4.76. The van der Waals surface area contributed by atoms with Crippen LogP contribution in [0.2, 0.25) is 5.02 Å². The predicted octanol–water partition coefficient (Wildman–Crippen LogP) is 2.82. The second-order valence-corrected chi connectivity index (χ2v) is 6.77. The van der Waals surface area contributed by atoms with E-state index in [1.54, 1.807) is 11.1 Å². The molecule has 1 aromatic carbocycles. The van der Waals surface area contributed by atoms with Crippen molar-refractivity contribution in [3.8, 4) is 5.69 Å². The average molecular weight is 373 g/mol. The van der Waals surface area contributed by atoms with Gasteiger partial charge in [-0.25, -0.2) is 5.43 Å². The first-order chi connectivity index (χ1) is 12.5. The summed E-state index contributed by atoms with van der Waals surface area (Å²) in [4.78, 5) is 25.4. The van der Waals surface area contributed by atoms with Gasteiger partial charge in [0.05, 0.1) is 6.21 Å².